The zero-order valence-corrected chi connectivity index (χ0v) is 16.8. The predicted octanol–water partition coefficient (Wildman–Crippen LogP) is 4.41. The number of rotatable bonds is 7. The SMILES string of the molecule is CCOc1cc(/C=C(\C#N)C(=O)Nc2ccccc2OC)cc(Br)c1OC. The maximum atomic E-state index is 12.5. The summed E-state index contributed by atoms with van der Waals surface area (Å²) in [5.74, 6) is 1.04. The summed E-state index contributed by atoms with van der Waals surface area (Å²) in [7, 11) is 3.05. The van der Waals surface area contributed by atoms with E-state index < -0.39 is 5.91 Å². The molecule has 0 bridgehead atoms. The standard InChI is InChI=1S/C20H19BrN2O4/c1-4-27-18-11-13(10-15(21)19(18)26-3)9-14(12-22)20(24)23-16-7-5-6-8-17(16)25-2/h5-11H,4H2,1-3H3,(H,23,24)/b14-9+. The number of carbonyl (C=O) groups is 1. The first-order valence-corrected chi connectivity index (χ1v) is 8.89. The molecule has 2 aromatic rings. The fraction of sp³-hybridized carbons (Fsp3) is 0.200. The molecule has 0 aliphatic heterocycles. The Balaban J connectivity index is 2.35. The first kappa shape index (κ1) is 20.3. The molecule has 0 radical (unpaired) electrons. The summed E-state index contributed by atoms with van der Waals surface area (Å²) >= 11 is 3.42. The number of anilines is 1. The van der Waals surface area contributed by atoms with Crippen LogP contribution in [0.4, 0.5) is 5.69 Å². The average molecular weight is 431 g/mol. The molecule has 0 fully saturated rings. The van der Waals surface area contributed by atoms with Gasteiger partial charge in [0.25, 0.3) is 5.91 Å². The first-order valence-electron chi connectivity index (χ1n) is 8.10. The van der Waals surface area contributed by atoms with Gasteiger partial charge < -0.3 is 19.5 Å². The molecule has 140 valence electrons. The molecule has 0 saturated heterocycles. The Morgan fingerprint density at radius 3 is 2.59 bits per heavy atom. The van der Waals surface area contributed by atoms with Gasteiger partial charge in [0, 0.05) is 0 Å². The van der Waals surface area contributed by atoms with E-state index in [1.54, 1.807) is 43.5 Å². The number of nitrogens with one attached hydrogen (secondary N) is 1. The highest BCUT2D eigenvalue weighted by Crippen LogP contribution is 2.37. The van der Waals surface area contributed by atoms with Crippen LogP contribution in [0.15, 0.2) is 46.4 Å². The van der Waals surface area contributed by atoms with Crippen LogP contribution in [-0.4, -0.2) is 26.7 Å². The second-order valence-corrected chi connectivity index (χ2v) is 6.15. The van der Waals surface area contributed by atoms with E-state index >= 15 is 0 Å². The molecule has 1 amide bonds. The van der Waals surface area contributed by atoms with Crippen LogP contribution in [0.25, 0.3) is 6.08 Å². The molecule has 2 aromatic carbocycles. The summed E-state index contributed by atoms with van der Waals surface area (Å²) in [4.78, 5) is 12.5. The quantitative estimate of drug-likeness (QED) is 0.519. The van der Waals surface area contributed by atoms with Gasteiger partial charge in [-0.15, -0.1) is 0 Å². The summed E-state index contributed by atoms with van der Waals surface area (Å²) < 4.78 is 16.7. The largest absolute Gasteiger partial charge is 0.495 e. The monoisotopic (exact) mass is 430 g/mol. The zero-order valence-electron chi connectivity index (χ0n) is 15.2. The Labute approximate surface area is 166 Å². The highest BCUT2D eigenvalue weighted by Gasteiger charge is 2.15. The molecule has 0 heterocycles. The average Bonchev–Trinajstić information content (AvgIpc) is 2.66. The normalized spacial score (nSPS) is 10.7. The van der Waals surface area contributed by atoms with Crippen molar-refractivity contribution in [3.05, 3.63) is 52.0 Å². The van der Waals surface area contributed by atoms with Crippen molar-refractivity contribution < 1.29 is 19.0 Å². The number of nitrogens with zero attached hydrogens (tertiary/aromatic N) is 1. The van der Waals surface area contributed by atoms with Crippen molar-refractivity contribution in [1.29, 1.82) is 5.26 Å². The zero-order chi connectivity index (χ0) is 19.8. The minimum atomic E-state index is -0.535. The lowest BCUT2D eigenvalue weighted by Gasteiger charge is -2.12. The van der Waals surface area contributed by atoms with E-state index in [-0.39, 0.29) is 5.57 Å². The van der Waals surface area contributed by atoms with Crippen molar-refractivity contribution >= 4 is 33.6 Å². The minimum Gasteiger partial charge on any atom is -0.495 e. The van der Waals surface area contributed by atoms with Crippen molar-refractivity contribution in [3.8, 4) is 23.3 Å². The fourth-order valence-corrected chi connectivity index (χ4v) is 3.01. The lowest BCUT2D eigenvalue weighted by molar-refractivity contribution is -0.112. The van der Waals surface area contributed by atoms with E-state index in [0.29, 0.717) is 39.6 Å². The summed E-state index contributed by atoms with van der Waals surface area (Å²) in [6, 6.07) is 12.4. The molecule has 6 nitrogen and oxygen atoms in total. The number of carbonyl (C=O) groups excluding carboxylic acids is 1. The maximum absolute atomic E-state index is 12.5. The molecule has 0 spiro atoms. The predicted molar refractivity (Wildman–Crippen MR) is 107 cm³/mol. The number of para-hydroxylation sites is 2. The lowest BCUT2D eigenvalue weighted by Crippen LogP contribution is -2.14. The van der Waals surface area contributed by atoms with E-state index in [4.69, 9.17) is 14.2 Å². The van der Waals surface area contributed by atoms with Gasteiger partial charge in [-0.05, 0) is 58.8 Å². The second-order valence-electron chi connectivity index (χ2n) is 5.29. The third kappa shape index (κ3) is 5.02. The van der Waals surface area contributed by atoms with Crippen LogP contribution in [-0.2, 0) is 4.79 Å². The Morgan fingerprint density at radius 1 is 1.22 bits per heavy atom. The molecular weight excluding hydrogens is 412 g/mol. The number of nitriles is 1. The summed E-state index contributed by atoms with van der Waals surface area (Å²) in [5, 5.41) is 12.1. The van der Waals surface area contributed by atoms with Gasteiger partial charge in [0.15, 0.2) is 11.5 Å². The molecule has 0 aromatic heterocycles. The summed E-state index contributed by atoms with van der Waals surface area (Å²) in [6.45, 7) is 2.31. The van der Waals surface area contributed by atoms with Crippen molar-refractivity contribution in [2.75, 3.05) is 26.1 Å². The molecule has 0 aliphatic rings. The van der Waals surface area contributed by atoms with E-state index in [9.17, 15) is 10.1 Å². The molecule has 1 N–H and O–H groups in total. The molecule has 0 atom stereocenters. The van der Waals surface area contributed by atoms with Gasteiger partial charge in [0.1, 0.15) is 17.4 Å². The molecule has 2 rings (SSSR count). The van der Waals surface area contributed by atoms with Gasteiger partial charge in [-0.25, -0.2) is 0 Å². The first-order chi connectivity index (χ1) is 13.0. The van der Waals surface area contributed by atoms with Crippen molar-refractivity contribution in [2.45, 2.75) is 6.92 Å². The Morgan fingerprint density at radius 2 is 1.96 bits per heavy atom. The fourth-order valence-electron chi connectivity index (χ4n) is 2.39. The van der Waals surface area contributed by atoms with E-state index in [0.717, 1.165) is 0 Å². The third-order valence-corrected chi connectivity index (χ3v) is 4.16. The van der Waals surface area contributed by atoms with Crippen molar-refractivity contribution in [3.63, 3.8) is 0 Å². The second kappa shape index (κ2) is 9.64. The Hall–Kier alpha value is -2.98. The Kier molecular flexibility index (Phi) is 7.26. The number of hydrogen-bond donors (Lipinski definition) is 1. The number of benzene rings is 2. The number of ether oxygens (including phenoxy) is 3. The maximum Gasteiger partial charge on any atom is 0.266 e. The molecule has 7 heteroatoms. The number of methoxy groups -OCH3 is 2. The van der Waals surface area contributed by atoms with E-state index in [2.05, 4.69) is 21.2 Å². The van der Waals surface area contributed by atoms with Gasteiger partial charge in [-0.3, -0.25) is 4.79 Å². The van der Waals surface area contributed by atoms with E-state index in [1.807, 2.05) is 13.0 Å². The minimum absolute atomic E-state index is 0.0552. The van der Waals surface area contributed by atoms with Crippen LogP contribution >= 0.6 is 15.9 Å². The topological polar surface area (TPSA) is 80.6 Å². The van der Waals surface area contributed by atoms with Gasteiger partial charge in [-0.2, -0.15) is 5.26 Å². The van der Waals surface area contributed by atoms with Gasteiger partial charge in [-0.1, -0.05) is 12.1 Å². The summed E-state index contributed by atoms with van der Waals surface area (Å²) in [6.07, 6.45) is 1.48. The third-order valence-electron chi connectivity index (χ3n) is 3.57. The van der Waals surface area contributed by atoms with Crippen molar-refractivity contribution in [2.24, 2.45) is 0 Å². The van der Waals surface area contributed by atoms with Crippen molar-refractivity contribution in [1.82, 2.24) is 0 Å². The smallest absolute Gasteiger partial charge is 0.266 e. The van der Waals surface area contributed by atoms with Crippen LogP contribution in [0.1, 0.15) is 12.5 Å². The van der Waals surface area contributed by atoms with E-state index in [1.165, 1.54) is 13.2 Å². The number of hydrogen-bond acceptors (Lipinski definition) is 5. The van der Waals surface area contributed by atoms with Crippen LogP contribution in [0.5, 0.6) is 17.2 Å². The van der Waals surface area contributed by atoms with Gasteiger partial charge in [0.2, 0.25) is 0 Å². The van der Waals surface area contributed by atoms with Crippen LogP contribution in [0, 0.1) is 11.3 Å². The number of amides is 1. The highest BCUT2D eigenvalue weighted by molar-refractivity contribution is 9.10. The van der Waals surface area contributed by atoms with Crippen LogP contribution in [0.2, 0.25) is 0 Å². The summed E-state index contributed by atoms with van der Waals surface area (Å²) in [5.41, 5.74) is 1.05. The van der Waals surface area contributed by atoms with Crippen LogP contribution in [0.3, 0.4) is 0 Å². The lowest BCUT2D eigenvalue weighted by atomic mass is 10.1. The molecule has 0 aliphatic carbocycles. The van der Waals surface area contributed by atoms with Crippen LogP contribution < -0.4 is 19.5 Å². The molecule has 0 saturated carbocycles. The Bertz CT molecular complexity index is 903. The van der Waals surface area contributed by atoms with Gasteiger partial charge in [0.05, 0.1) is 31.0 Å². The molecule has 0 unspecified atom stereocenters. The number of halogens is 1. The molecular formula is C20H19BrN2O4. The molecule has 27 heavy (non-hydrogen) atoms. The van der Waals surface area contributed by atoms with Gasteiger partial charge >= 0.3 is 0 Å². The highest BCUT2D eigenvalue weighted by atomic mass is 79.9.